The molecule has 84 valence electrons. The number of rotatable bonds is 5. The zero-order valence-electron chi connectivity index (χ0n) is 8.87. The molecule has 0 bridgehead atoms. The van der Waals surface area contributed by atoms with Crippen molar-refractivity contribution in [1.29, 1.82) is 0 Å². The average Bonchev–Trinajstić information content (AvgIpc) is 2.68. The zero-order chi connectivity index (χ0) is 10.8. The first-order valence-electron chi connectivity index (χ1n) is 5.20. The summed E-state index contributed by atoms with van der Waals surface area (Å²) in [6, 6.07) is 0. The molecule has 1 fully saturated rings. The van der Waals surface area contributed by atoms with Crippen molar-refractivity contribution in [3.8, 4) is 0 Å². The molecule has 3 N–H and O–H groups in total. The maximum absolute atomic E-state index is 10.2. The minimum absolute atomic E-state index is 0.345. The molecular formula is C10H21NO2S. The van der Waals surface area contributed by atoms with E-state index in [0.717, 1.165) is 18.1 Å². The van der Waals surface area contributed by atoms with Crippen LogP contribution in [0.25, 0.3) is 0 Å². The lowest BCUT2D eigenvalue weighted by atomic mass is 10.1. The Morgan fingerprint density at radius 2 is 2.21 bits per heavy atom. The van der Waals surface area contributed by atoms with Gasteiger partial charge in [-0.3, -0.25) is 4.79 Å². The number of carbonyl (C=O) groups is 1. The summed E-state index contributed by atoms with van der Waals surface area (Å²) in [7, 11) is 1.50. The normalized spacial score (nSPS) is 20.0. The molecule has 0 aromatic carbocycles. The van der Waals surface area contributed by atoms with Crippen molar-refractivity contribution in [2.45, 2.75) is 43.8 Å². The Hall–Kier alpha value is -0.220. The van der Waals surface area contributed by atoms with E-state index in [4.69, 9.17) is 5.11 Å². The second-order valence-corrected chi connectivity index (χ2v) is 4.68. The third kappa shape index (κ3) is 7.21. The monoisotopic (exact) mass is 219 g/mol. The van der Waals surface area contributed by atoms with E-state index in [1.165, 1.54) is 32.1 Å². The highest BCUT2D eigenvalue weighted by atomic mass is 32.2. The Balaban J connectivity index is 0.000000791. The molecule has 1 saturated heterocycles. The summed E-state index contributed by atoms with van der Waals surface area (Å²) in [5, 5.41) is 9.23. The Morgan fingerprint density at radius 3 is 2.71 bits per heavy atom. The van der Waals surface area contributed by atoms with Gasteiger partial charge in [0.1, 0.15) is 0 Å². The fraction of sp³-hybridized carbons (Fsp3) is 0.900. The first-order chi connectivity index (χ1) is 6.79. The molecule has 0 aromatic heterocycles. The van der Waals surface area contributed by atoms with Crippen LogP contribution in [0.2, 0.25) is 0 Å². The van der Waals surface area contributed by atoms with Gasteiger partial charge in [0.2, 0.25) is 0 Å². The molecule has 0 aromatic rings. The summed E-state index contributed by atoms with van der Waals surface area (Å²) in [5.74, 6) is 0.651. The van der Waals surface area contributed by atoms with E-state index in [1.807, 2.05) is 0 Å². The molecule has 0 unspecified atom stereocenters. The largest absolute Gasteiger partial charge is 0.481 e. The molecule has 0 aliphatic carbocycles. The van der Waals surface area contributed by atoms with Gasteiger partial charge in [-0.25, -0.2) is 0 Å². The molecule has 0 saturated carbocycles. The summed E-state index contributed by atoms with van der Waals surface area (Å²) < 4.78 is 0. The second-order valence-electron chi connectivity index (χ2n) is 3.27. The Bertz CT molecular complexity index is 147. The lowest BCUT2D eigenvalue weighted by molar-refractivity contribution is -0.137. The molecule has 4 heteroatoms. The van der Waals surface area contributed by atoms with Crippen LogP contribution >= 0.6 is 11.8 Å². The SMILES string of the molecule is CN.O=C(O)CCCC[C@H]1CCCS1. The quantitative estimate of drug-likeness (QED) is 0.695. The Labute approximate surface area is 90.4 Å². The van der Waals surface area contributed by atoms with Gasteiger partial charge in [-0.1, -0.05) is 6.42 Å². The molecule has 0 amide bonds. The lowest BCUT2D eigenvalue weighted by Gasteiger charge is -2.05. The third-order valence-corrected chi connectivity index (χ3v) is 3.66. The van der Waals surface area contributed by atoms with Crippen LogP contribution in [0.5, 0.6) is 0 Å². The summed E-state index contributed by atoms with van der Waals surface area (Å²) in [5.41, 5.74) is 4.50. The third-order valence-electron chi connectivity index (χ3n) is 2.19. The van der Waals surface area contributed by atoms with Gasteiger partial charge in [-0.05, 0) is 38.5 Å². The van der Waals surface area contributed by atoms with Crippen LogP contribution in [0.3, 0.4) is 0 Å². The van der Waals surface area contributed by atoms with E-state index >= 15 is 0 Å². The fourth-order valence-electron chi connectivity index (χ4n) is 1.52. The van der Waals surface area contributed by atoms with Crippen molar-refractivity contribution in [3.63, 3.8) is 0 Å². The first kappa shape index (κ1) is 13.8. The van der Waals surface area contributed by atoms with Crippen molar-refractivity contribution >= 4 is 17.7 Å². The molecule has 3 nitrogen and oxygen atoms in total. The van der Waals surface area contributed by atoms with Crippen molar-refractivity contribution < 1.29 is 9.90 Å². The Morgan fingerprint density at radius 1 is 1.50 bits per heavy atom. The molecule has 0 radical (unpaired) electrons. The number of carboxylic acids is 1. The van der Waals surface area contributed by atoms with Gasteiger partial charge in [0.25, 0.3) is 0 Å². The zero-order valence-corrected chi connectivity index (χ0v) is 9.68. The number of thioether (sulfide) groups is 1. The molecule has 14 heavy (non-hydrogen) atoms. The van der Waals surface area contributed by atoms with Crippen LogP contribution in [0, 0.1) is 0 Å². The molecular weight excluding hydrogens is 198 g/mol. The van der Waals surface area contributed by atoms with Gasteiger partial charge in [-0.15, -0.1) is 0 Å². The van der Waals surface area contributed by atoms with Crippen molar-refractivity contribution in [1.82, 2.24) is 0 Å². The van der Waals surface area contributed by atoms with Crippen molar-refractivity contribution in [3.05, 3.63) is 0 Å². The van der Waals surface area contributed by atoms with E-state index in [-0.39, 0.29) is 0 Å². The fourth-order valence-corrected chi connectivity index (χ4v) is 2.85. The van der Waals surface area contributed by atoms with Crippen LogP contribution in [0.15, 0.2) is 0 Å². The summed E-state index contributed by atoms with van der Waals surface area (Å²) in [6.45, 7) is 0. The summed E-state index contributed by atoms with van der Waals surface area (Å²) >= 11 is 2.05. The van der Waals surface area contributed by atoms with Gasteiger partial charge in [0, 0.05) is 11.7 Å². The molecule has 1 heterocycles. The summed E-state index contributed by atoms with van der Waals surface area (Å²) in [6.07, 6.45) is 6.21. The molecule has 0 spiro atoms. The van der Waals surface area contributed by atoms with Gasteiger partial charge in [0.15, 0.2) is 0 Å². The first-order valence-corrected chi connectivity index (χ1v) is 6.25. The second kappa shape index (κ2) is 9.34. The number of hydrogen-bond donors (Lipinski definition) is 2. The van der Waals surface area contributed by atoms with Crippen LogP contribution in [0.4, 0.5) is 0 Å². The Kier molecular flexibility index (Phi) is 9.19. The van der Waals surface area contributed by atoms with Crippen molar-refractivity contribution in [2.75, 3.05) is 12.8 Å². The molecule has 1 aliphatic rings. The lowest BCUT2D eigenvalue weighted by Crippen LogP contribution is -1.98. The van der Waals surface area contributed by atoms with Crippen molar-refractivity contribution in [2.24, 2.45) is 5.73 Å². The average molecular weight is 219 g/mol. The highest BCUT2D eigenvalue weighted by Gasteiger charge is 2.14. The van der Waals surface area contributed by atoms with E-state index < -0.39 is 5.97 Å². The van der Waals surface area contributed by atoms with E-state index in [0.29, 0.717) is 6.42 Å². The number of aliphatic carboxylic acids is 1. The number of unbranched alkanes of at least 4 members (excludes halogenated alkanes) is 1. The molecule has 1 atom stereocenters. The minimum Gasteiger partial charge on any atom is -0.481 e. The van der Waals surface area contributed by atoms with Gasteiger partial charge in [-0.2, -0.15) is 11.8 Å². The minimum atomic E-state index is -0.658. The van der Waals surface area contributed by atoms with E-state index in [1.54, 1.807) is 0 Å². The highest BCUT2D eigenvalue weighted by molar-refractivity contribution is 8.00. The van der Waals surface area contributed by atoms with Crippen LogP contribution in [-0.4, -0.2) is 29.1 Å². The number of carboxylic acid groups (broad SMARTS) is 1. The summed E-state index contributed by atoms with van der Waals surface area (Å²) in [4.78, 5) is 10.2. The van der Waals surface area contributed by atoms with Gasteiger partial charge in [0.05, 0.1) is 0 Å². The van der Waals surface area contributed by atoms with Crippen LogP contribution < -0.4 is 5.73 Å². The molecule has 1 rings (SSSR count). The maximum atomic E-state index is 10.2. The maximum Gasteiger partial charge on any atom is 0.303 e. The number of nitrogens with two attached hydrogens (primary N) is 1. The van der Waals surface area contributed by atoms with E-state index in [9.17, 15) is 4.79 Å². The molecule has 1 aliphatic heterocycles. The van der Waals surface area contributed by atoms with Crippen LogP contribution in [0.1, 0.15) is 38.5 Å². The highest BCUT2D eigenvalue weighted by Crippen LogP contribution is 2.29. The standard InChI is InChI=1S/C9H16O2S.CH5N/c10-9(11)6-2-1-4-8-5-3-7-12-8;1-2/h8H,1-7H2,(H,10,11);2H2,1H3/t8-;/m0./s1. The smallest absolute Gasteiger partial charge is 0.303 e. The van der Waals surface area contributed by atoms with Crippen LogP contribution in [-0.2, 0) is 4.79 Å². The predicted molar refractivity (Wildman–Crippen MR) is 61.7 cm³/mol. The van der Waals surface area contributed by atoms with Gasteiger partial charge < -0.3 is 10.8 Å². The number of hydrogen-bond acceptors (Lipinski definition) is 3. The van der Waals surface area contributed by atoms with E-state index in [2.05, 4.69) is 17.5 Å². The topological polar surface area (TPSA) is 63.3 Å². The van der Waals surface area contributed by atoms with Gasteiger partial charge >= 0.3 is 5.97 Å². The predicted octanol–water partition coefficient (Wildman–Crippen LogP) is 2.10.